The lowest BCUT2D eigenvalue weighted by Gasteiger charge is -2.09. The number of pyridine rings is 1. The van der Waals surface area contributed by atoms with E-state index in [2.05, 4.69) is 15.4 Å². The molecule has 0 fully saturated rings. The van der Waals surface area contributed by atoms with Gasteiger partial charge in [0, 0.05) is 36.6 Å². The minimum Gasteiger partial charge on any atom is -0.384 e. The summed E-state index contributed by atoms with van der Waals surface area (Å²) in [6, 6.07) is 3.38. The van der Waals surface area contributed by atoms with Gasteiger partial charge in [-0.2, -0.15) is 5.10 Å². The maximum Gasteiger partial charge on any atom is 0.251 e. The summed E-state index contributed by atoms with van der Waals surface area (Å²) in [7, 11) is 1.86. The Kier molecular flexibility index (Phi) is 4.26. The predicted octanol–water partition coefficient (Wildman–Crippen LogP) is 1.76. The number of carbonyl (C=O) groups is 1. The number of carbonyl (C=O) groups excluding carboxylic acids is 1. The van der Waals surface area contributed by atoms with Gasteiger partial charge in [0.1, 0.15) is 5.82 Å². The van der Waals surface area contributed by atoms with Crippen LogP contribution in [-0.2, 0) is 13.6 Å². The monoisotopic (exact) mass is 287 g/mol. The van der Waals surface area contributed by atoms with E-state index in [-0.39, 0.29) is 11.8 Å². The van der Waals surface area contributed by atoms with Crippen molar-refractivity contribution in [3.8, 4) is 0 Å². The first-order valence-corrected chi connectivity index (χ1v) is 6.91. The average Bonchev–Trinajstić information content (AvgIpc) is 2.73. The number of nitrogen functional groups attached to an aromatic ring is 1. The average molecular weight is 287 g/mol. The van der Waals surface area contributed by atoms with Crippen LogP contribution in [0, 0.1) is 6.92 Å². The lowest BCUT2D eigenvalue weighted by molar-refractivity contribution is 0.0950. The Labute approximate surface area is 124 Å². The summed E-state index contributed by atoms with van der Waals surface area (Å²) in [4.78, 5) is 16.5. The molecule has 0 atom stereocenters. The molecular weight excluding hydrogens is 266 g/mol. The van der Waals surface area contributed by atoms with E-state index in [1.165, 1.54) is 0 Å². The minimum absolute atomic E-state index is 0.158. The highest BCUT2D eigenvalue weighted by molar-refractivity contribution is 5.94. The SMILES string of the molecule is Cc1nn(C)cc1CNC(=O)c1cc(N)nc(C(C)C)c1. The molecule has 0 aromatic carbocycles. The molecule has 21 heavy (non-hydrogen) atoms. The van der Waals surface area contributed by atoms with Gasteiger partial charge in [0.2, 0.25) is 0 Å². The highest BCUT2D eigenvalue weighted by Gasteiger charge is 2.12. The summed E-state index contributed by atoms with van der Waals surface area (Å²) in [6.07, 6.45) is 1.90. The molecule has 0 radical (unpaired) electrons. The summed E-state index contributed by atoms with van der Waals surface area (Å²) < 4.78 is 1.73. The van der Waals surface area contributed by atoms with E-state index in [0.29, 0.717) is 17.9 Å². The third-order valence-corrected chi connectivity index (χ3v) is 3.27. The zero-order valence-corrected chi connectivity index (χ0v) is 12.8. The zero-order valence-electron chi connectivity index (χ0n) is 12.8. The zero-order chi connectivity index (χ0) is 15.6. The van der Waals surface area contributed by atoms with Crippen molar-refractivity contribution in [2.75, 3.05) is 5.73 Å². The Bertz CT molecular complexity index is 660. The van der Waals surface area contributed by atoms with E-state index >= 15 is 0 Å². The third-order valence-electron chi connectivity index (χ3n) is 3.27. The number of amides is 1. The third kappa shape index (κ3) is 3.59. The van der Waals surface area contributed by atoms with Gasteiger partial charge < -0.3 is 11.1 Å². The normalized spacial score (nSPS) is 10.9. The molecular formula is C15H21N5O. The van der Waals surface area contributed by atoms with Crippen molar-refractivity contribution in [2.45, 2.75) is 33.2 Å². The number of hydrogen-bond donors (Lipinski definition) is 2. The minimum atomic E-state index is -0.158. The highest BCUT2D eigenvalue weighted by atomic mass is 16.1. The fraction of sp³-hybridized carbons (Fsp3) is 0.400. The topological polar surface area (TPSA) is 85.8 Å². The Morgan fingerprint density at radius 1 is 1.43 bits per heavy atom. The molecule has 1 amide bonds. The highest BCUT2D eigenvalue weighted by Crippen LogP contribution is 2.16. The Morgan fingerprint density at radius 2 is 2.14 bits per heavy atom. The van der Waals surface area contributed by atoms with Crippen LogP contribution >= 0.6 is 0 Å². The molecule has 2 aromatic heterocycles. The van der Waals surface area contributed by atoms with Crippen molar-refractivity contribution in [2.24, 2.45) is 7.05 Å². The molecule has 6 nitrogen and oxygen atoms in total. The number of rotatable bonds is 4. The van der Waals surface area contributed by atoms with Crippen molar-refractivity contribution in [1.29, 1.82) is 0 Å². The maximum absolute atomic E-state index is 12.2. The summed E-state index contributed by atoms with van der Waals surface area (Å²) in [6.45, 7) is 6.39. The summed E-state index contributed by atoms with van der Waals surface area (Å²) in [5.41, 5.74) is 9.03. The van der Waals surface area contributed by atoms with Gasteiger partial charge in [0.05, 0.1) is 5.69 Å². The van der Waals surface area contributed by atoms with Crippen LogP contribution in [0.25, 0.3) is 0 Å². The first-order valence-electron chi connectivity index (χ1n) is 6.91. The molecule has 0 unspecified atom stereocenters. The molecule has 0 aliphatic rings. The molecule has 0 aliphatic carbocycles. The molecule has 3 N–H and O–H groups in total. The molecule has 2 aromatic rings. The van der Waals surface area contributed by atoms with Crippen LogP contribution in [0.15, 0.2) is 18.3 Å². The second kappa shape index (κ2) is 5.95. The number of nitrogens with one attached hydrogen (secondary N) is 1. The second-order valence-corrected chi connectivity index (χ2v) is 5.46. The molecule has 2 heterocycles. The lowest BCUT2D eigenvalue weighted by Crippen LogP contribution is -2.23. The van der Waals surface area contributed by atoms with Gasteiger partial charge in [0.25, 0.3) is 5.91 Å². The van der Waals surface area contributed by atoms with Gasteiger partial charge in [-0.15, -0.1) is 0 Å². The van der Waals surface area contributed by atoms with Gasteiger partial charge in [-0.05, 0) is 25.0 Å². The van der Waals surface area contributed by atoms with E-state index in [1.807, 2.05) is 34.0 Å². The van der Waals surface area contributed by atoms with Crippen molar-refractivity contribution in [3.05, 3.63) is 40.8 Å². The molecule has 0 aliphatic heterocycles. The van der Waals surface area contributed by atoms with E-state index < -0.39 is 0 Å². The van der Waals surface area contributed by atoms with Gasteiger partial charge in [-0.3, -0.25) is 9.48 Å². The van der Waals surface area contributed by atoms with Gasteiger partial charge in [-0.1, -0.05) is 13.8 Å². The van der Waals surface area contributed by atoms with Crippen molar-refractivity contribution in [1.82, 2.24) is 20.1 Å². The summed E-state index contributed by atoms with van der Waals surface area (Å²) >= 11 is 0. The molecule has 112 valence electrons. The summed E-state index contributed by atoms with van der Waals surface area (Å²) in [5.74, 6) is 0.429. The van der Waals surface area contributed by atoms with Crippen molar-refractivity contribution < 1.29 is 4.79 Å². The fourth-order valence-corrected chi connectivity index (χ4v) is 2.10. The van der Waals surface area contributed by atoms with Crippen LogP contribution in [0.4, 0.5) is 5.82 Å². The molecule has 0 saturated heterocycles. The number of nitrogens with two attached hydrogens (primary N) is 1. The largest absolute Gasteiger partial charge is 0.384 e. The quantitative estimate of drug-likeness (QED) is 0.897. The lowest BCUT2D eigenvalue weighted by atomic mass is 10.1. The molecule has 0 bridgehead atoms. The number of aromatic nitrogens is 3. The fourth-order valence-electron chi connectivity index (χ4n) is 2.10. The van der Waals surface area contributed by atoms with Crippen LogP contribution in [0.3, 0.4) is 0 Å². The van der Waals surface area contributed by atoms with Crippen molar-refractivity contribution >= 4 is 11.7 Å². The molecule has 0 saturated carbocycles. The van der Waals surface area contributed by atoms with E-state index in [9.17, 15) is 4.79 Å². The molecule has 0 spiro atoms. The Hall–Kier alpha value is -2.37. The Morgan fingerprint density at radius 3 is 2.71 bits per heavy atom. The Balaban J connectivity index is 2.11. The van der Waals surface area contributed by atoms with Crippen LogP contribution in [0.2, 0.25) is 0 Å². The number of aryl methyl sites for hydroxylation is 2. The van der Waals surface area contributed by atoms with Gasteiger partial charge >= 0.3 is 0 Å². The van der Waals surface area contributed by atoms with Crippen LogP contribution in [0.1, 0.15) is 47.1 Å². The van der Waals surface area contributed by atoms with E-state index in [4.69, 9.17) is 5.73 Å². The second-order valence-electron chi connectivity index (χ2n) is 5.46. The smallest absolute Gasteiger partial charge is 0.251 e. The number of nitrogens with zero attached hydrogens (tertiary/aromatic N) is 3. The maximum atomic E-state index is 12.2. The first kappa shape index (κ1) is 15.0. The number of hydrogen-bond acceptors (Lipinski definition) is 4. The van der Waals surface area contributed by atoms with Gasteiger partial charge in [-0.25, -0.2) is 4.98 Å². The molecule has 6 heteroatoms. The summed E-state index contributed by atoms with van der Waals surface area (Å²) in [5, 5.41) is 7.14. The molecule has 2 rings (SSSR count). The van der Waals surface area contributed by atoms with E-state index in [1.54, 1.807) is 16.8 Å². The van der Waals surface area contributed by atoms with Gasteiger partial charge in [0.15, 0.2) is 0 Å². The van der Waals surface area contributed by atoms with E-state index in [0.717, 1.165) is 17.0 Å². The first-order chi connectivity index (χ1) is 9.86. The van der Waals surface area contributed by atoms with Crippen LogP contribution < -0.4 is 11.1 Å². The number of anilines is 1. The van der Waals surface area contributed by atoms with Crippen LogP contribution in [-0.4, -0.2) is 20.7 Å². The van der Waals surface area contributed by atoms with Crippen molar-refractivity contribution in [3.63, 3.8) is 0 Å². The predicted molar refractivity (Wildman–Crippen MR) is 81.9 cm³/mol. The van der Waals surface area contributed by atoms with Crippen LogP contribution in [0.5, 0.6) is 0 Å². The standard InChI is InChI=1S/C15H21N5O/c1-9(2)13-5-11(6-14(16)18-13)15(21)17-7-12-8-20(4)19-10(12)3/h5-6,8-9H,7H2,1-4H3,(H2,16,18)(H,17,21).